The van der Waals surface area contributed by atoms with Gasteiger partial charge in [0.05, 0.1) is 11.6 Å². The fourth-order valence-electron chi connectivity index (χ4n) is 3.46. The van der Waals surface area contributed by atoms with Crippen LogP contribution >= 0.6 is 0 Å². The van der Waals surface area contributed by atoms with Crippen molar-refractivity contribution in [3.8, 4) is 0 Å². The molecule has 3 aromatic rings. The molecule has 1 aromatic heterocycles. The largest absolute Gasteiger partial charge is 0.419 e. The number of hydrogen-bond donors (Lipinski definition) is 1. The maximum absolute atomic E-state index is 12.5. The highest BCUT2D eigenvalue weighted by Gasteiger charge is 2.18. The molecule has 5 heteroatoms. The second-order valence-electron chi connectivity index (χ2n) is 7.48. The van der Waals surface area contributed by atoms with Crippen molar-refractivity contribution in [1.29, 1.82) is 0 Å². The van der Waals surface area contributed by atoms with Gasteiger partial charge in [0.1, 0.15) is 0 Å². The van der Waals surface area contributed by atoms with Gasteiger partial charge in [0.2, 0.25) is 5.91 Å². The minimum Gasteiger partial charge on any atom is -0.408 e. The van der Waals surface area contributed by atoms with Crippen LogP contribution in [0.4, 0.5) is 0 Å². The minimum absolute atomic E-state index is 0.000817. The molecule has 0 radical (unpaired) electrons. The van der Waals surface area contributed by atoms with Gasteiger partial charge in [-0.1, -0.05) is 57.2 Å². The van der Waals surface area contributed by atoms with E-state index in [0.29, 0.717) is 25.0 Å². The van der Waals surface area contributed by atoms with Crippen LogP contribution in [0, 0.1) is 5.92 Å². The predicted molar refractivity (Wildman–Crippen MR) is 111 cm³/mol. The zero-order chi connectivity index (χ0) is 20.1. The number of hydrogen-bond acceptors (Lipinski definition) is 3. The van der Waals surface area contributed by atoms with Crippen LogP contribution in [0.2, 0.25) is 0 Å². The number of nitrogens with one attached hydrogen (secondary N) is 1. The summed E-state index contributed by atoms with van der Waals surface area (Å²) in [7, 11) is 0. The average molecular weight is 380 g/mol. The molecule has 3 rings (SSSR count). The lowest BCUT2D eigenvalue weighted by Crippen LogP contribution is -2.31. The number of rotatable bonds is 8. The predicted octanol–water partition coefficient (Wildman–Crippen LogP) is 4.45. The molecule has 2 aromatic carbocycles. The standard InChI is InChI=1S/C23H28N2O3/c1-4-17-11-13-18(14-12-17)22(16(2)3)24-21(26)10-7-15-25-19-8-5-6-9-20(19)28-23(25)27/h5-6,8-9,11-14,16,22H,4,7,10,15H2,1-3H3,(H,24,26). The van der Waals surface area contributed by atoms with E-state index < -0.39 is 0 Å². The molecule has 0 aliphatic carbocycles. The van der Waals surface area contributed by atoms with Crippen LogP contribution in [0.3, 0.4) is 0 Å². The van der Waals surface area contributed by atoms with Gasteiger partial charge < -0.3 is 9.73 Å². The lowest BCUT2D eigenvalue weighted by molar-refractivity contribution is -0.122. The monoisotopic (exact) mass is 380 g/mol. The molecule has 1 N–H and O–H groups in total. The number of aromatic nitrogens is 1. The Hall–Kier alpha value is -2.82. The lowest BCUT2D eigenvalue weighted by Gasteiger charge is -2.23. The van der Waals surface area contributed by atoms with Crippen molar-refractivity contribution < 1.29 is 9.21 Å². The number of benzene rings is 2. The van der Waals surface area contributed by atoms with Crippen molar-refractivity contribution in [2.24, 2.45) is 5.92 Å². The molecule has 0 aliphatic heterocycles. The number of oxazole rings is 1. The van der Waals surface area contributed by atoms with Crippen LogP contribution in [0.15, 0.2) is 57.7 Å². The Balaban J connectivity index is 1.60. The van der Waals surface area contributed by atoms with E-state index in [1.165, 1.54) is 5.56 Å². The van der Waals surface area contributed by atoms with Crippen molar-refractivity contribution in [2.75, 3.05) is 0 Å². The fraction of sp³-hybridized carbons (Fsp3) is 0.391. The SMILES string of the molecule is CCc1ccc(C(NC(=O)CCCn2c(=O)oc3ccccc32)C(C)C)cc1. The highest BCUT2D eigenvalue weighted by atomic mass is 16.4. The molecule has 5 nitrogen and oxygen atoms in total. The normalized spacial score (nSPS) is 12.4. The van der Waals surface area contributed by atoms with Crippen molar-refractivity contribution in [3.05, 3.63) is 70.2 Å². The number of nitrogens with zero attached hydrogens (tertiary/aromatic N) is 1. The van der Waals surface area contributed by atoms with E-state index in [-0.39, 0.29) is 23.6 Å². The van der Waals surface area contributed by atoms with E-state index in [1.54, 1.807) is 10.6 Å². The van der Waals surface area contributed by atoms with Gasteiger partial charge in [-0.15, -0.1) is 0 Å². The molecule has 1 amide bonds. The van der Waals surface area contributed by atoms with Crippen molar-refractivity contribution >= 4 is 17.0 Å². The number of para-hydroxylation sites is 2. The molecule has 1 unspecified atom stereocenters. The van der Waals surface area contributed by atoms with Crippen molar-refractivity contribution in [1.82, 2.24) is 9.88 Å². The zero-order valence-electron chi connectivity index (χ0n) is 16.8. The average Bonchev–Trinajstić information content (AvgIpc) is 3.01. The van der Waals surface area contributed by atoms with Crippen LogP contribution in [0.5, 0.6) is 0 Å². The first-order valence-corrected chi connectivity index (χ1v) is 9.96. The molecule has 1 atom stereocenters. The molecular formula is C23H28N2O3. The summed E-state index contributed by atoms with van der Waals surface area (Å²) in [5.74, 6) is -0.0892. The van der Waals surface area contributed by atoms with Crippen LogP contribution in [0.1, 0.15) is 50.8 Å². The van der Waals surface area contributed by atoms with Crippen LogP contribution < -0.4 is 11.1 Å². The molecule has 28 heavy (non-hydrogen) atoms. The number of aryl methyl sites for hydroxylation is 2. The molecule has 148 valence electrons. The third-order valence-corrected chi connectivity index (χ3v) is 5.09. The number of fused-ring (bicyclic) bond motifs is 1. The Morgan fingerprint density at radius 1 is 1.11 bits per heavy atom. The minimum atomic E-state index is -0.377. The Morgan fingerprint density at radius 2 is 1.82 bits per heavy atom. The number of carbonyl (C=O) groups is 1. The summed E-state index contributed by atoms with van der Waals surface area (Å²) in [6.45, 7) is 6.80. The molecule has 0 spiro atoms. The first-order valence-electron chi connectivity index (χ1n) is 9.96. The van der Waals surface area contributed by atoms with Gasteiger partial charge in [-0.05, 0) is 42.0 Å². The van der Waals surface area contributed by atoms with E-state index in [9.17, 15) is 9.59 Å². The van der Waals surface area contributed by atoms with E-state index >= 15 is 0 Å². The third-order valence-electron chi connectivity index (χ3n) is 5.09. The summed E-state index contributed by atoms with van der Waals surface area (Å²) in [4.78, 5) is 24.5. The van der Waals surface area contributed by atoms with Crippen molar-refractivity contribution in [2.45, 2.75) is 52.6 Å². The molecule has 0 fully saturated rings. The van der Waals surface area contributed by atoms with Gasteiger partial charge in [-0.3, -0.25) is 9.36 Å². The fourth-order valence-corrected chi connectivity index (χ4v) is 3.46. The molecule has 0 aliphatic rings. The second kappa shape index (κ2) is 8.91. The number of carbonyl (C=O) groups excluding carboxylic acids is 1. The zero-order valence-corrected chi connectivity index (χ0v) is 16.8. The first-order chi connectivity index (χ1) is 13.5. The highest BCUT2D eigenvalue weighted by molar-refractivity contribution is 5.76. The highest BCUT2D eigenvalue weighted by Crippen LogP contribution is 2.22. The summed E-state index contributed by atoms with van der Waals surface area (Å²) in [5, 5.41) is 3.15. The smallest absolute Gasteiger partial charge is 0.408 e. The van der Waals surface area contributed by atoms with Crippen LogP contribution in [-0.2, 0) is 17.8 Å². The Morgan fingerprint density at radius 3 is 2.50 bits per heavy atom. The molecular weight excluding hydrogens is 352 g/mol. The lowest BCUT2D eigenvalue weighted by atomic mass is 9.94. The number of amides is 1. The van der Waals surface area contributed by atoms with E-state index in [4.69, 9.17) is 4.42 Å². The maximum Gasteiger partial charge on any atom is 0.419 e. The molecule has 0 saturated heterocycles. The summed E-state index contributed by atoms with van der Waals surface area (Å²) < 4.78 is 6.83. The molecule has 0 bridgehead atoms. The molecule has 0 saturated carbocycles. The van der Waals surface area contributed by atoms with Gasteiger partial charge >= 0.3 is 5.76 Å². The topological polar surface area (TPSA) is 64.2 Å². The second-order valence-corrected chi connectivity index (χ2v) is 7.48. The first kappa shape index (κ1) is 19.9. The third kappa shape index (κ3) is 4.53. The van der Waals surface area contributed by atoms with Crippen molar-refractivity contribution in [3.63, 3.8) is 0 Å². The summed E-state index contributed by atoms with van der Waals surface area (Å²) >= 11 is 0. The summed E-state index contributed by atoms with van der Waals surface area (Å²) in [6, 6.07) is 15.8. The Kier molecular flexibility index (Phi) is 6.34. The van der Waals surface area contributed by atoms with Crippen LogP contribution in [-0.4, -0.2) is 10.5 Å². The summed E-state index contributed by atoms with van der Waals surface area (Å²) in [5.41, 5.74) is 3.75. The van der Waals surface area contributed by atoms with Gasteiger partial charge in [-0.25, -0.2) is 4.79 Å². The van der Waals surface area contributed by atoms with Crippen LogP contribution in [0.25, 0.3) is 11.1 Å². The quantitative estimate of drug-likeness (QED) is 0.628. The Labute approximate surface area is 165 Å². The van der Waals surface area contributed by atoms with Gasteiger partial charge in [0.15, 0.2) is 5.58 Å². The maximum atomic E-state index is 12.5. The van der Waals surface area contributed by atoms with E-state index in [1.807, 2.05) is 18.2 Å². The van der Waals surface area contributed by atoms with Gasteiger partial charge in [0.25, 0.3) is 0 Å². The van der Waals surface area contributed by atoms with Gasteiger partial charge in [0, 0.05) is 13.0 Å². The summed E-state index contributed by atoms with van der Waals surface area (Å²) in [6.07, 6.45) is 1.94. The van der Waals surface area contributed by atoms with Gasteiger partial charge in [-0.2, -0.15) is 0 Å². The van der Waals surface area contributed by atoms with E-state index in [0.717, 1.165) is 17.5 Å². The molecule has 1 heterocycles. The van der Waals surface area contributed by atoms with E-state index in [2.05, 4.69) is 50.4 Å². The Bertz CT molecular complexity index is 983.